The lowest BCUT2D eigenvalue weighted by Gasteiger charge is -2.26. The van der Waals surface area contributed by atoms with E-state index in [0.29, 0.717) is 46.8 Å². The van der Waals surface area contributed by atoms with Gasteiger partial charge >= 0.3 is 0 Å². The molecule has 0 fully saturated rings. The Kier molecular flexibility index (Phi) is 7.91. The molecule has 3 aromatic carbocycles. The molecule has 3 aliphatic rings. The van der Waals surface area contributed by atoms with Gasteiger partial charge in [-0.3, -0.25) is 19.4 Å². The zero-order valence-electron chi connectivity index (χ0n) is 23.0. The monoisotopic (exact) mass is 583 g/mol. The van der Waals surface area contributed by atoms with Gasteiger partial charge in [0.1, 0.15) is 11.9 Å². The van der Waals surface area contributed by atoms with Crippen LogP contribution in [0, 0.1) is 0 Å². The van der Waals surface area contributed by atoms with E-state index in [1.807, 2.05) is 73.7 Å². The summed E-state index contributed by atoms with van der Waals surface area (Å²) in [7, 11) is 0. The number of nitrogens with one attached hydrogen (secondary N) is 1. The maximum absolute atomic E-state index is 13.6. The highest BCUT2D eigenvalue weighted by molar-refractivity contribution is 8.14. The highest BCUT2D eigenvalue weighted by Gasteiger charge is 2.42. The fraction of sp³-hybridized carbons (Fsp3) is 0.258. The highest BCUT2D eigenvalue weighted by atomic mass is 32.2. The number of amides is 3. The van der Waals surface area contributed by atoms with Crippen molar-refractivity contribution in [1.82, 2.24) is 15.1 Å². The van der Waals surface area contributed by atoms with E-state index in [9.17, 15) is 14.4 Å². The lowest BCUT2D eigenvalue weighted by Crippen LogP contribution is -2.42. The summed E-state index contributed by atoms with van der Waals surface area (Å²) in [6, 6.07) is 21.8. The van der Waals surface area contributed by atoms with Crippen molar-refractivity contribution in [3.63, 3.8) is 0 Å². The van der Waals surface area contributed by atoms with Crippen LogP contribution in [0.25, 0.3) is 0 Å². The van der Waals surface area contributed by atoms with Crippen molar-refractivity contribution in [2.75, 3.05) is 19.1 Å². The number of hydrogen-bond donors (Lipinski definition) is 1. The minimum absolute atomic E-state index is 0.0579. The number of carbonyl (C=O) groups is 3. The number of thioether (sulfide) groups is 1. The third-order valence-corrected chi connectivity index (χ3v) is 8.05. The first-order valence-electron chi connectivity index (χ1n) is 13.7. The summed E-state index contributed by atoms with van der Waals surface area (Å²) in [5.74, 6) is 1.17. The summed E-state index contributed by atoms with van der Waals surface area (Å²) >= 11 is 1.20. The second kappa shape index (κ2) is 12.1. The number of benzene rings is 3. The van der Waals surface area contributed by atoms with E-state index >= 15 is 0 Å². The smallest absolute Gasteiger partial charge is 0.259 e. The third kappa shape index (κ3) is 5.73. The Morgan fingerprint density at radius 1 is 1.02 bits per heavy atom. The molecule has 0 unspecified atom stereocenters. The first-order chi connectivity index (χ1) is 20.5. The van der Waals surface area contributed by atoms with Crippen LogP contribution >= 0.6 is 11.8 Å². The number of fused-ring (bicyclic) bond motifs is 4. The Hall–Kier alpha value is -4.64. The number of ether oxygens (including phenoxy) is 2. The van der Waals surface area contributed by atoms with Gasteiger partial charge in [-0.25, -0.2) is 9.89 Å². The number of rotatable bonds is 9. The predicted octanol–water partition coefficient (Wildman–Crippen LogP) is 3.86. The molecule has 10 nitrogen and oxygen atoms in total. The molecular weight excluding hydrogens is 554 g/mol. The van der Waals surface area contributed by atoms with Gasteiger partial charge in [0.05, 0.1) is 17.9 Å². The number of amidine groups is 2. The van der Waals surface area contributed by atoms with Gasteiger partial charge in [0.15, 0.2) is 16.7 Å². The van der Waals surface area contributed by atoms with Gasteiger partial charge in [0.2, 0.25) is 18.6 Å². The van der Waals surface area contributed by atoms with Gasteiger partial charge in [-0.05, 0) is 42.3 Å². The Morgan fingerprint density at radius 2 is 1.81 bits per heavy atom. The zero-order valence-corrected chi connectivity index (χ0v) is 23.8. The van der Waals surface area contributed by atoms with Crippen LogP contribution in [-0.2, 0) is 27.5 Å². The van der Waals surface area contributed by atoms with Crippen LogP contribution in [0.4, 0.5) is 5.69 Å². The summed E-state index contributed by atoms with van der Waals surface area (Å²) in [6.45, 7) is 3.46. The molecule has 3 aliphatic heterocycles. The molecule has 0 aromatic heterocycles. The predicted molar refractivity (Wildman–Crippen MR) is 160 cm³/mol. The lowest BCUT2D eigenvalue weighted by molar-refractivity contribution is -0.129. The Morgan fingerprint density at radius 3 is 2.64 bits per heavy atom. The average Bonchev–Trinajstić information content (AvgIpc) is 3.62. The summed E-state index contributed by atoms with van der Waals surface area (Å²) < 4.78 is 10.7. The largest absolute Gasteiger partial charge is 0.454 e. The molecule has 1 N–H and O–H groups in total. The van der Waals surface area contributed by atoms with Crippen LogP contribution in [-0.4, -0.2) is 63.7 Å². The van der Waals surface area contributed by atoms with E-state index < -0.39 is 6.04 Å². The van der Waals surface area contributed by atoms with Gasteiger partial charge < -0.3 is 19.7 Å². The normalized spacial score (nSPS) is 16.4. The minimum atomic E-state index is -0.894. The molecule has 1 atom stereocenters. The SMILES string of the molecule is CCN(Cc1ccccc1)C(=O)CSC1=Nc2ccccc2C2=N[C@H](CC(=O)NCc3ccc4c(c3)OCO4)C(=O)N12. The fourth-order valence-corrected chi connectivity index (χ4v) is 5.83. The number of carbonyl (C=O) groups excluding carboxylic acids is 3. The van der Waals surface area contributed by atoms with Crippen LogP contribution < -0.4 is 14.8 Å². The molecule has 0 spiro atoms. The zero-order chi connectivity index (χ0) is 29.1. The molecule has 3 heterocycles. The van der Waals surface area contributed by atoms with E-state index in [2.05, 4.69) is 10.3 Å². The minimum Gasteiger partial charge on any atom is -0.454 e. The van der Waals surface area contributed by atoms with E-state index in [1.165, 1.54) is 16.7 Å². The van der Waals surface area contributed by atoms with Crippen LogP contribution in [0.3, 0.4) is 0 Å². The standard InChI is InChI=1S/C31H29N5O5S/c1-2-35(17-20-8-4-3-5-9-20)28(38)18-42-31-34-23-11-7-6-10-22(23)29-33-24(30(39)36(29)31)15-27(37)32-16-21-12-13-25-26(14-21)41-19-40-25/h3-14,24H,2,15-19H2,1H3,(H,32,37)/t24-/m1/s1. The van der Waals surface area contributed by atoms with Crippen LogP contribution in [0.2, 0.25) is 0 Å². The van der Waals surface area contributed by atoms with Gasteiger partial charge in [0, 0.05) is 25.2 Å². The van der Waals surface area contributed by atoms with Crippen LogP contribution in [0.15, 0.2) is 82.8 Å². The first-order valence-corrected chi connectivity index (χ1v) is 14.7. The molecule has 3 amide bonds. The van der Waals surface area contributed by atoms with Gasteiger partial charge in [-0.2, -0.15) is 0 Å². The molecule has 6 rings (SSSR count). The van der Waals surface area contributed by atoms with E-state index in [0.717, 1.165) is 11.1 Å². The quantitative estimate of drug-likeness (QED) is 0.409. The molecule has 0 bridgehead atoms. The maximum Gasteiger partial charge on any atom is 0.259 e. The van der Waals surface area contributed by atoms with Crippen LogP contribution in [0.5, 0.6) is 11.5 Å². The van der Waals surface area contributed by atoms with Crippen molar-refractivity contribution in [1.29, 1.82) is 0 Å². The average molecular weight is 584 g/mol. The maximum atomic E-state index is 13.6. The molecule has 0 saturated heterocycles. The van der Waals surface area contributed by atoms with Crippen molar-refractivity contribution in [2.24, 2.45) is 9.98 Å². The molecule has 42 heavy (non-hydrogen) atoms. The van der Waals surface area contributed by atoms with E-state index in [-0.39, 0.29) is 43.2 Å². The van der Waals surface area contributed by atoms with Gasteiger partial charge in [-0.1, -0.05) is 60.3 Å². The topological polar surface area (TPSA) is 113 Å². The Bertz CT molecular complexity index is 1590. The first kappa shape index (κ1) is 27.5. The van der Waals surface area contributed by atoms with Gasteiger partial charge in [-0.15, -0.1) is 0 Å². The van der Waals surface area contributed by atoms with Crippen LogP contribution in [0.1, 0.15) is 30.0 Å². The van der Waals surface area contributed by atoms with Crippen molar-refractivity contribution >= 4 is 46.2 Å². The van der Waals surface area contributed by atoms with E-state index in [1.54, 1.807) is 11.0 Å². The van der Waals surface area contributed by atoms with Crippen molar-refractivity contribution in [3.05, 3.63) is 89.5 Å². The number of hydrogen-bond acceptors (Lipinski definition) is 8. The third-order valence-electron chi connectivity index (χ3n) is 7.13. The molecule has 11 heteroatoms. The number of nitrogens with zero attached hydrogens (tertiary/aromatic N) is 4. The van der Waals surface area contributed by atoms with Crippen molar-refractivity contribution < 1.29 is 23.9 Å². The summed E-state index contributed by atoms with van der Waals surface area (Å²) in [5, 5.41) is 3.25. The Labute approximate surface area is 247 Å². The second-order valence-electron chi connectivity index (χ2n) is 9.90. The Balaban J connectivity index is 1.13. The molecule has 0 saturated carbocycles. The summed E-state index contributed by atoms with van der Waals surface area (Å²) in [6.07, 6.45) is -0.108. The summed E-state index contributed by atoms with van der Waals surface area (Å²) in [5.41, 5.74) is 3.28. The summed E-state index contributed by atoms with van der Waals surface area (Å²) in [4.78, 5) is 52.2. The second-order valence-corrected chi connectivity index (χ2v) is 10.8. The fourth-order valence-electron chi connectivity index (χ4n) is 4.93. The lowest BCUT2D eigenvalue weighted by atomic mass is 10.1. The number of aliphatic imine (C=N–C) groups is 2. The van der Waals surface area contributed by atoms with Crippen molar-refractivity contribution in [3.8, 4) is 11.5 Å². The van der Waals surface area contributed by atoms with Crippen molar-refractivity contribution in [2.45, 2.75) is 32.5 Å². The highest BCUT2D eigenvalue weighted by Crippen LogP contribution is 2.35. The molecule has 0 radical (unpaired) electrons. The van der Waals surface area contributed by atoms with E-state index in [4.69, 9.17) is 14.5 Å². The molecule has 0 aliphatic carbocycles. The number of para-hydroxylation sites is 1. The molecular formula is C31H29N5O5S. The van der Waals surface area contributed by atoms with Gasteiger partial charge in [0.25, 0.3) is 5.91 Å². The molecule has 214 valence electrons. The molecule has 3 aromatic rings.